The van der Waals surface area contributed by atoms with Crippen molar-refractivity contribution in [1.82, 2.24) is 14.9 Å². The smallest absolute Gasteiger partial charge is 0.256 e. The maximum absolute atomic E-state index is 13.9. The SMILES string of the molecule is O=C(C(O)c1cccc(Oc2ccccc2)c1)N1CCCc2nc(C3(c4cccc(F)c4)CC3)[nH]c(=O)c2C1. The lowest BCUT2D eigenvalue weighted by atomic mass is 9.94. The Labute approximate surface area is 224 Å². The molecule has 198 valence electrons. The molecule has 6 rings (SSSR count). The molecule has 0 radical (unpaired) electrons. The van der Waals surface area contributed by atoms with Crippen LogP contribution in [0.3, 0.4) is 0 Å². The summed E-state index contributed by atoms with van der Waals surface area (Å²) < 4.78 is 19.8. The molecular formula is C31H28FN3O4. The van der Waals surface area contributed by atoms with Gasteiger partial charge in [-0.05, 0) is 73.2 Å². The molecule has 3 aromatic carbocycles. The second-order valence-electron chi connectivity index (χ2n) is 10.2. The van der Waals surface area contributed by atoms with Crippen LogP contribution in [0.25, 0.3) is 0 Å². The van der Waals surface area contributed by atoms with Crippen LogP contribution in [-0.4, -0.2) is 32.4 Å². The lowest BCUT2D eigenvalue weighted by Gasteiger charge is -2.24. The highest BCUT2D eigenvalue weighted by Crippen LogP contribution is 2.52. The summed E-state index contributed by atoms with van der Waals surface area (Å²) in [7, 11) is 0. The minimum atomic E-state index is -1.40. The fourth-order valence-corrected chi connectivity index (χ4v) is 5.30. The van der Waals surface area contributed by atoms with Crippen LogP contribution < -0.4 is 10.3 Å². The van der Waals surface area contributed by atoms with Crippen LogP contribution in [-0.2, 0) is 23.2 Å². The Hall–Kier alpha value is -4.30. The van der Waals surface area contributed by atoms with Crippen molar-refractivity contribution in [3.8, 4) is 11.5 Å². The van der Waals surface area contributed by atoms with E-state index in [1.165, 1.54) is 17.0 Å². The van der Waals surface area contributed by atoms with Crippen molar-refractivity contribution >= 4 is 5.91 Å². The monoisotopic (exact) mass is 525 g/mol. The summed E-state index contributed by atoms with van der Waals surface area (Å²) in [4.78, 5) is 35.9. The number of para-hydroxylation sites is 1. The number of carbonyl (C=O) groups is 1. The van der Waals surface area contributed by atoms with Gasteiger partial charge in [0.25, 0.3) is 11.5 Å². The second-order valence-corrected chi connectivity index (χ2v) is 10.2. The third-order valence-corrected chi connectivity index (χ3v) is 7.57. The van der Waals surface area contributed by atoms with Crippen LogP contribution >= 0.6 is 0 Å². The van der Waals surface area contributed by atoms with Gasteiger partial charge in [0.15, 0.2) is 6.10 Å². The molecule has 2 heterocycles. The van der Waals surface area contributed by atoms with Gasteiger partial charge in [-0.15, -0.1) is 0 Å². The lowest BCUT2D eigenvalue weighted by Crippen LogP contribution is -2.36. The number of aromatic amines is 1. The van der Waals surface area contributed by atoms with E-state index in [0.717, 1.165) is 18.4 Å². The number of aliphatic hydroxyl groups is 1. The van der Waals surface area contributed by atoms with Crippen molar-refractivity contribution in [3.05, 3.63) is 123 Å². The molecule has 8 heteroatoms. The molecule has 4 aromatic rings. The number of hydrogen-bond acceptors (Lipinski definition) is 5. The molecule has 39 heavy (non-hydrogen) atoms. The van der Waals surface area contributed by atoms with Crippen LogP contribution in [0.1, 0.15) is 53.6 Å². The van der Waals surface area contributed by atoms with Crippen molar-refractivity contribution in [2.75, 3.05) is 6.54 Å². The van der Waals surface area contributed by atoms with Crippen molar-refractivity contribution in [1.29, 1.82) is 0 Å². The highest BCUT2D eigenvalue weighted by molar-refractivity contribution is 5.82. The Morgan fingerprint density at radius 2 is 1.79 bits per heavy atom. The third kappa shape index (κ3) is 4.95. The molecular weight excluding hydrogens is 497 g/mol. The first-order valence-electron chi connectivity index (χ1n) is 13.1. The minimum Gasteiger partial charge on any atom is -0.457 e. The van der Waals surface area contributed by atoms with Gasteiger partial charge >= 0.3 is 0 Å². The van der Waals surface area contributed by atoms with Gasteiger partial charge in [0.2, 0.25) is 0 Å². The van der Waals surface area contributed by atoms with Crippen molar-refractivity contribution in [2.45, 2.75) is 43.7 Å². The van der Waals surface area contributed by atoms with Crippen molar-refractivity contribution in [2.24, 2.45) is 0 Å². The number of carbonyl (C=O) groups excluding carboxylic acids is 1. The van der Waals surface area contributed by atoms with Gasteiger partial charge in [0.05, 0.1) is 23.2 Å². The first kappa shape index (κ1) is 25.0. The number of fused-ring (bicyclic) bond motifs is 1. The number of amides is 1. The average Bonchev–Trinajstić information content (AvgIpc) is 3.78. The van der Waals surface area contributed by atoms with Gasteiger partial charge in [-0.3, -0.25) is 9.59 Å². The van der Waals surface area contributed by atoms with E-state index in [4.69, 9.17) is 9.72 Å². The molecule has 0 saturated heterocycles. The minimum absolute atomic E-state index is 0.0566. The first-order valence-corrected chi connectivity index (χ1v) is 13.1. The van der Waals surface area contributed by atoms with E-state index >= 15 is 0 Å². The summed E-state index contributed by atoms with van der Waals surface area (Å²) in [6.45, 7) is 0.442. The number of aromatic nitrogens is 2. The van der Waals surface area contributed by atoms with Crippen LogP contribution in [0.15, 0.2) is 83.7 Å². The highest BCUT2D eigenvalue weighted by atomic mass is 19.1. The molecule has 1 aliphatic carbocycles. The number of ether oxygens (including phenoxy) is 1. The van der Waals surface area contributed by atoms with Gasteiger partial charge in [0, 0.05) is 6.54 Å². The third-order valence-electron chi connectivity index (χ3n) is 7.57. The summed E-state index contributed by atoms with van der Waals surface area (Å²) in [5, 5.41) is 11.0. The van der Waals surface area contributed by atoms with Gasteiger partial charge in [-0.1, -0.05) is 42.5 Å². The second kappa shape index (κ2) is 10.1. The Bertz CT molecular complexity index is 1580. The van der Waals surface area contributed by atoms with E-state index < -0.39 is 17.4 Å². The van der Waals surface area contributed by atoms with Crippen LogP contribution in [0, 0.1) is 5.82 Å². The number of aryl methyl sites for hydroxylation is 1. The van der Waals surface area contributed by atoms with Crippen molar-refractivity contribution in [3.63, 3.8) is 0 Å². The van der Waals surface area contributed by atoms with Gasteiger partial charge in [-0.25, -0.2) is 9.37 Å². The van der Waals surface area contributed by atoms with E-state index in [9.17, 15) is 19.1 Å². The Kier molecular flexibility index (Phi) is 6.48. The standard InChI is InChI=1S/C31H28FN3O4/c32-22-9-5-8-21(18-22)31(14-15-31)30-33-26-13-6-16-35(19-25(26)28(37)34-30)29(38)27(36)20-7-4-12-24(17-20)39-23-10-2-1-3-11-23/h1-5,7-12,17-18,27,36H,6,13-16,19H2,(H,33,34,37). The fraction of sp³-hybridized carbons (Fsp3) is 0.258. The molecule has 2 N–H and O–H groups in total. The molecule has 1 aliphatic heterocycles. The number of rotatable bonds is 6. The predicted molar refractivity (Wildman–Crippen MR) is 143 cm³/mol. The molecule has 1 amide bonds. The first-order chi connectivity index (χ1) is 18.9. The Morgan fingerprint density at radius 3 is 2.56 bits per heavy atom. The maximum atomic E-state index is 13.9. The number of H-pyrrole nitrogens is 1. The van der Waals surface area contributed by atoms with Crippen LogP contribution in [0.2, 0.25) is 0 Å². The quantitative estimate of drug-likeness (QED) is 0.378. The Morgan fingerprint density at radius 1 is 1.03 bits per heavy atom. The number of benzene rings is 3. The van der Waals surface area contributed by atoms with Crippen molar-refractivity contribution < 1.29 is 19.0 Å². The average molecular weight is 526 g/mol. The molecule has 0 spiro atoms. The molecule has 2 aliphatic rings. The summed E-state index contributed by atoms with van der Waals surface area (Å²) in [5.41, 5.74) is 1.50. The molecule has 1 unspecified atom stereocenters. The zero-order valence-corrected chi connectivity index (χ0v) is 21.3. The lowest BCUT2D eigenvalue weighted by molar-refractivity contribution is -0.141. The summed E-state index contributed by atoms with van der Waals surface area (Å²) >= 11 is 0. The largest absolute Gasteiger partial charge is 0.457 e. The zero-order valence-electron chi connectivity index (χ0n) is 21.3. The van der Waals surface area contributed by atoms with E-state index in [1.54, 1.807) is 30.3 Å². The Balaban J connectivity index is 1.22. The van der Waals surface area contributed by atoms with Crippen LogP contribution in [0.4, 0.5) is 4.39 Å². The molecule has 0 bridgehead atoms. The molecule has 1 atom stereocenters. The molecule has 7 nitrogen and oxygen atoms in total. The maximum Gasteiger partial charge on any atom is 0.256 e. The van der Waals surface area contributed by atoms with Gasteiger partial charge in [-0.2, -0.15) is 0 Å². The number of aliphatic hydroxyl groups excluding tert-OH is 1. The highest BCUT2D eigenvalue weighted by Gasteiger charge is 2.49. The predicted octanol–water partition coefficient (Wildman–Crippen LogP) is 4.79. The molecule has 1 saturated carbocycles. The van der Waals surface area contributed by atoms with E-state index in [2.05, 4.69) is 4.98 Å². The number of nitrogens with one attached hydrogen (secondary N) is 1. The normalized spacial score (nSPS) is 16.6. The molecule has 1 aromatic heterocycles. The zero-order chi connectivity index (χ0) is 27.0. The van der Waals surface area contributed by atoms with Gasteiger partial charge < -0.3 is 19.7 Å². The summed E-state index contributed by atoms with van der Waals surface area (Å²) in [6, 6.07) is 22.5. The number of halogens is 1. The number of hydrogen-bond donors (Lipinski definition) is 2. The van der Waals surface area contributed by atoms with E-state index in [-0.39, 0.29) is 17.9 Å². The fourth-order valence-electron chi connectivity index (χ4n) is 5.30. The van der Waals surface area contributed by atoms with Crippen LogP contribution in [0.5, 0.6) is 11.5 Å². The van der Waals surface area contributed by atoms with E-state index in [1.807, 2.05) is 36.4 Å². The molecule has 1 fully saturated rings. The van der Waals surface area contributed by atoms with E-state index in [0.29, 0.717) is 53.5 Å². The summed E-state index contributed by atoms with van der Waals surface area (Å²) in [5.74, 6) is 0.901. The van der Waals surface area contributed by atoms with Gasteiger partial charge in [0.1, 0.15) is 23.1 Å². The summed E-state index contributed by atoms with van der Waals surface area (Å²) in [6.07, 6.45) is 1.29. The number of nitrogens with zero attached hydrogens (tertiary/aromatic N) is 2. The topological polar surface area (TPSA) is 95.5 Å².